The molecule has 0 aliphatic carbocycles. The molecule has 1 aliphatic heterocycles. The first kappa shape index (κ1) is 14.4. The van der Waals surface area contributed by atoms with Gasteiger partial charge in [-0.15, -0.1) is 0 Å². The highest BCUT2D eigenvalue weighted by Gasteiger charge is 2.22. The van der Waals surface area contributed by atoms with Crippen molar-refractivity contribution in [3.63, 3.8) is 0 Å². The third-order valence-electron chi connectivity index (χ3n) is 3.49. The molecule has 1 unspecified atom stereocenters. The smallest absolute Gasteiger partial charge is 0.176 e. The number of hydrogen-bond donors (Lipinski definition) is 1. The van der Waals surface area contributed by atoms with Crippen LogP contribution in [0.1, 0.15) is 12.0 Å². The summed E-state index contributed by atoms with van der Waals surface area (Å²) in [6, 6.07) is 3.63. The van der Waals surface area contributed by atoms with E-state index in [0.29, 0.717) is 16.7 Å². The number of ether oxygens (including phenoxy) is 2. The molecule has 5 heteroatoms. The minimum atomic E-state index is 0.00611. The zero-order valence-electron chi connectivity index (χ0n) is 11.4. The number of halogens is 1. The van der Waals surface area contributed by atoms with Crippen molar-refractivity contribution in [2.24, 2.45) is 5.92 Å². The summed E-state index contributed by atoms with van der Waals surface area (Å²) in [5, 5.41) is 10.0. The molecule has 0 saturated carbocycles. The van der Waals surface area contributed by atoms with Crippen LogP contribution in [-0.4, -0.2) is 43.9 Å². The van der Waals surface area contributed by atoms with Gasteiger partial charge in [-0.25, -0.2) is 0 Å². The van der Waals surface area contributed by atoms with Gasteiger partial charge in [-0.2, -0.15) is 0 Å². The number of phenolic OH excluding ortho intramolecular Hbond substituents is 1. The fourth-order valence-corrected chi connectivity index (χ4v) is 2.79. The van der Waals surface area contributed by atoms with Gasteiger partial charge in [0.05, 0.1) is 18.7 Å². The molecule has 2 rings (SSSR count). The van der Waals surface area contributed by atoms with Crippen molar-refractivity contribution in [1.29, 1.82) is 0 Å². The second kappa shape index (κ2) is 6.46. The highest BCUT2D eigenvalue weighted by Crippen LogP contribution is 2.35. The molecule has 1 aromatic carbocycles. The Morgan fingerprint density at radius 3 is 2.89 bits per heavy atom. The summed E-state index contributed by atoms with van der Waals surface area (Å²) in [6.07, 6.45) is 1.16. The van der Waals surface area contributed by atoms with Crippen LogP contribution in [0.2, 0.25) is 5.02 Å². The number of phenols is 1. The van der Waals surface area contributed by atoms with E-state index < -0.39 is 0 Å². The highest BCUT2D eigenvalue weighted by atomic mass is 35.5. The van der Waals surface area contributed by atoms with Crippen molar-refractivity contribution in [2.75, 3.05) is 33.9 Å². The fourth-order valence-electron chi connectivity index (χ4n) is 2.56. The van der Waals surface area contributed by atoms with Gasteiger partial charge in [0.1, 0.15) is 0 Å². The molecular weight excluding hydrogens is 266 g/mol. The van der Waals surface area contributed by atoms with Gasteiger partial charge in [-0.05, 0) is 36.6 Å². The average Bonchev–Trinajstić information content (AvgIpc) is 2.81. The van der Waals surface area contributed by atoms with Gasteiger partial charge in [0.15, 0.2) is 11.5 Å². The number of likely N-dealkylation sites (tertiary alicyclic amines) is 1. The molecule has 1 aliphatic rings. The summed E-state index contributed by atoms with van der Waals surface area (Å²) in [4.78, 5) is 2.37. The van der Waals surface area contributed by atoms with Crippen LogP contribution in [0.25, 0.3) is 0 Å². The van der Waals surface area contributed by atoms with E-state index in [0.717, 1.165) is 38.2 Å². The van der Waals surface area contributed by atoms with Crippen molar-refractivity contribution < 1.29 is 14.6 Å². The van der Waals surface area contributed by atoms with Crippen LogP contribution in [0.5, 0.6) is 11.5 Å². The molecule has 19 heavy (non-hydrogen) atoms. The van der Waals surface area contributed by atoms with Gasteiger partial charge in [-0.3, -0.25) is 4.90 Å². The lowest BCUT2D eigenvalue weighted by atomic mass is 10.1. The summed E-state index contributed by atoms with van der Waals surface area (Å²) in [6.45, 7) is 3.73. The predicted molar refractivity (Wildman–Crippen MR) is 74.9 cm³/mol. The lowest BCUT2D eigenvalue weighted by molar-refractivity contribution is 0.152. The van der Waals surface area contributed by atoms with Crippen LogP contribution in [0.4, 0.5) is 0 Å². The standard InChI is InChI=1S/C14H20ClNO3/c1-18-9-10-3-4-16(7-10)8-11-5-12(15)14(17)13(6-11)19-2/h5-6,10,17H,3-4,7-9H2,1-2H3. The number of methoxy groups -OCH3 is 2. The van der Waals surface area contributed by atoms with Crippen molar-refractivity contribution >= 4 is 11.6 Å². The second-order valence-electron chi connectivity index (χ2n) is 4.97. The molecular formula is C14H20ClNO3. The zero-order valence-corrected chi connectivity index (χ0v) is 12.1. The molecule has 0 bridgehead atoms. The highest BCUT2D eigenvalue weighted by molar-refractivity contribution is 6.32. The SMILES string of the molecule is COCC1CCN(Cc2cc(Cl)c(O)c(OC)c2)C1. The zero-order chi connectivity index (χ0) is 13.8. The van der Waals surface area contributed by atoms with E-state index in [9.17, 15) is 5.11 Å². The van der Waals surface area contributed by atoms with Crippen molar-refractivity contribution in [1.82, 2.24) is 4.90 Å². The van der Waals surface area contributed by atoms with E-state index in [2.05, 4.69) is 4.90 Å². The quantitative estimate of drug-likeness (QED) is 0.903. The second-order valence-corrected chi connectivity index (χ2v) is 5.38. The van der Waals surface area contributed by atoms with Crippen molar-refractivity contribution in [3.8, 4) is 11.5 Å². The van der Waals surface area contributed by atoms with Crippen molar-refractivity contribution in [2.45, 2.75) is 13.0 Å². The van der Waals surface area contributed by atoms with Crippen LogP contribution in [0.3, 0.4) is 0 Å². The predicted octanol–water partition coefficient (Wildman–Crippen LogP) is 2.52. The Balaban J connectivity index is 2.02. The summed E-state index contributed by atoms with van der Waals surface area (Å²) < 4.78 is 10.3. The van der Waals surface area contributed by atoms with E-state index in [1.807, 2.05) is 6.07 Å². The Kier molecular flexibility index (Phi) is 4.91. The Hall–Kier alpha value is -0.970. The fraction of sp³-hybridized carbons (Fsp3) is 0.571. The van der Waals surface area contributed by atoms with Gasteiger partial charge in [-0.1, -0.05) is 11.6 Å². The summed E-state index contributed by atoms with van der Waals surface area (Å²) >= 11 is 5.99. The monoisotopic (exact) mass is 285 g/mol. The Bertz CT molecular complexity index is 439. The largest absolute Gasteiger partial charge is 0.503 e. The summed E-state index contributed by atoms with van der Waals surface area (Å²) in [5.74, 6) is 1.04. The lowest BCUT2D eigenvalue weighted by Gasteiger charge is -2.17. The van der Waals surface area contributed by atoms with Crippen molar-refractivity contribution in [3.05, 3.63) is 22.7 Å². The maximum atomic E-state index is 9.71. The summed E-state index contributed by atoms with van der Waals surface area (Å²) in [5.41, 5.74) is 1.05. The molecule has 0 aromatic heterocycles. The van der Waals surface area contributed by atoms with Gasteiger partial charge in [0.25, 0.3) is 0 Å². The normalized spacial score (nSPS) is 19.8. The molecule has 1 heterocycles. The molecule has 1 saturated heterocycles. The van der Waals surface area contributed by atoms with Gasteiger partial charge >= 0.3 is 0 Å². The Labute approximate surface area is 118 Å². The molecule has 4 nitrogen and oxygen atoms in total. The number of aromatic hydroxyl groups is 1. The number of benzene rings is 1. The van der Waals surface area contributed by atoms with E-state index in [4.69, 9.17) is 21.1 Å². The topological polar surface area (TPSA) is 41.9 Å². The first-order chi connectivity index (χ1) is 9.13. The van der Waals surface area contributed by atoms with Crippen LogP contribution >= 0.6 is 11.6 Å². The minimum Gasteiger partial charge on any atom is -0.503 e. The van der Waals surface area contributed by atoms with E-state index >= 15 is 0 Å². The molecule has 0 spiro atoms. The molecule has 0 amide bonds. The van der Waals surface area contributed by atoms with E-state index in [-0.39, 0.29) is 5.75 Å². The third-order valence-corrected chi connectivity index (χ3v) is 3.77. The molecule has 106 valence electrons. The molecule has 0 radical (unpaired) electrons. The van der Waals surface area contributed by atoms with E-state index in [1.165, 1.54) is 7.11 Å². The van der Waals surface area contributed by atoms with Crippen LogP contribution < -0.4 is 4.74 Å². The molecule has 1 fully saturated rings. The van der Waals surface area contributed by atoms with Gasteiger partial charge in [0, 0.05) is 20.2 Å². The molecule has 1 N–H and O–H groups in total. The maximum Gasteiger partial charge on any atom is 0.176 e. The number of nitrogens with zero attached hydrogens (tertiary/aromatic N) is 1. The summed E-state index contributed by atoms with van der Waals surface area (Å²) in [7, 11) is 3.27. The van der Waals surface area contributed by atoms with Crippen LogP contribution in [-0.2, 0) is 11.3 Å². The van der Waals surface area contributed by atoms with Gasteiger partial charge < -0.3 is 14.6 Å². The molecule has 1 aromatic rings. The molecule has 1 atom stereocenters. The number of hydrogen-bond acceptors (Lipinski definition) is 4. The van der Waals surface area contributed by atoms with Crippen LogP contribution in [0.15, 0.2) is 12.1 Å². The minimum absolute atomic E-state index is 0.00611. The number of rotatable bonds is 5. The Morgan fingerprint density at radius 2 is 2.21 bits per heavy atom. The van der Waals surface area contributed by atoms with Gasteiger partial charge in [0.2, 0.25) is 0 Å². The van der Waals surface area contributed by atoms with Crippen LogP contribution in [0, 0.1) is 5.92 Å². The first-order valence-electron chi connectivity index (χ1n) is 6.40. The maximum absolute atomic E-state index is 9.71. The lowest BCUT2D eigenvalue weighted by Crippen LogP contribution is -2.21. The average molecular weight is 286 g/mol. The van der Waals surface area contributed by atoms with E-state index in [1.54, 1.807) is 13.2 Å². The first-order valence-corrected chi connectivity index (χ1v) is 6.78. The Morgan fingerprint density at radius 1 is 1.42 bits per heavy atom. The third kappa shape index (κ3) is 3.53.